The summed E-state index contributed by atoms with van der Waals surface area (Å²) >= 11 is 0. The highest BCUT2D eigenvalue weighted by Gasteiger charge is 2.27. The zero-order valence-corrected chi connectivity index (χ0v) is 55.3. The lowest BCUT2D eigenvalue weighted by atomic mass is 9.83. The normalized spacial score (nSPS) is 12.7. The summed E-state index contributed by atoms with van der Waals surface area (Å²) in [6.45, 7) is 41.7. The molecule has 0 radical (unpaired) electrons. The number of ether oxygens (including phenoxy) is 6. The van der Waals surface area contributed by atoms with Gasteiger partial charge in [0, 0.05) is 34.9 Å². The van der Waals surface area contributed by atoms with Crippen molar-refractivity contribution in [1.82, 2.24) is 0 Å². The monoisotopic (exact) mass is 1200 g/mol. The van der Waals surface area contributed by atoms with E-state index in [2.05, 4.69) is 113 Å². The minimum Gasteiger partial charge on any atom is -0.488 e. The number of aryl methyl sites for hydroxylation is 2. The summed E-state index contributed by atoms with van der Waals surface area (Å²) in [5.74, 6) is 4.80. The van der Waals surface area contributed by atoms with Crippen molar-refractivity contribution >= 4 is 0 Å². The first-order valence-electron chi connectivity index (χ1n) is 30.1. The Labute approximate surface area is 525 Å². The van der Waals surface area contributed by atoms with Crippen LogP contribution in [0.25, 0.3) is 0 Å². The first kappa shape index (κ1) is 82.9. The van der Waals surface area contributed by atoms with Crippen molar-refractivity contribution in [2.45, 2.75) is 284 Å². The van der Waals surface area contributed by atoms with Crippen LogP contribution < -0.4 is 23.7 Å². The molecule has 0 unspecified atom stereocenters. The summed E-state index contributed by atoms with van der Waals surface area (Å²) in [6, 6.07) is 29.7. The fraction of sp³-hybridized carbons (Fsp3) is 0.600. The standard InChI is InChI=1S/C17H26O2.C15H24O2.2C14H22O2.C12H18O3.3CH4/c1-17(2,3)19-16-14(12-18)10-7-11-15(16)13-8-5-4-6-9-13;1-14(2,3)12-9-7-8-11(10-16)13(12)17-15(4,5)6;1-11-7-6-8-12(9-10-15-5)13(11)16-14(2,3)4;1-5-7-11-8-6-9-12(10-15)13(11)16-14(2,3)4;1-12(2,3)15-11-9(7-13)5-4-6-10(11)8-14;;;/h7,10-11,13,18H,4-6,8-9,12H2,1-3H3;7-9,16H,10H2,1-6H3;6-8H,9-10H2,1-5H3;6,8-9,15H,5,7,10H2,1-4H3;4-6,13-14H,7-8H2,1-3H3;3*1H4. The van der Waals surface area contributed by atoms with Crippen molar-refractivity contribution in [2.75, 3.05) is 13.7 Å². The van der Waals surface area contributed by atoms with E-state index in [0.29, 0.717) is 22.8 Å². The molecular formula is C75H124O11. The van der Waals surface area contributed by atoms with Crippen molar-refractivity contribution in [3.63, 3.8) is 0 Å². The molecule has 0 bridgehead atoms. The number of aliphatic hydroxyl groups is 5. The third kappa shape index (κ3) is 30.7. The van der Waals surface area contributed by atoms with Gasteiger partial charge in [-0.2, -0.15) is 0 Å². The number of hydrogen-bond donors (Lipinski definition) is 5. The highest BCUT2D eigenvalue weighted by molar-refractivity contribution is 5.47. The van der Waals surface area contributed by atoms with E-state index in [-0.39, 0.29) is 88.7 Å². The Morgan fingerprint density at radius 2 is 0.698 bits per heavy atom. The van der Waals surface area contributed by atoms with Gasteiger partial charge in [0.2, 0.25) is 0 Å². The maximum atomic E-state index is 9.56. The second kappa shape index (κ2) is 38.3. The summed E-state index contributed by atoms with van der Waals surface area (Å²) < 4.78 is 35.0. The van der Waals surface area contributed by atoms with Crippen LogP contribution in [0.3, 0.4) is 0 Å². The van der Waals surface area contributed by atoms with Gasteiger partial charge in [-0.3, -0.25) is 0 Å². The van der Waals surface area contributed by atoms with Gasteiger partial charge in [0.25, 0.3) is 0 Å². The molecule has 11 nitrogen and oxygen atoms in total. The Bertz CT molecular complexity index is 2620. The fourth-order valence-corrected chi connectivity index (χ4v) is 9.19. The van der Waals surface area contributed by atoms with E-state index < -0.39 is 0 Å². The third-order valence-corrected chi connectivity index (χ3v) is 12.7. The molecule has 0 aliphatic heterocycles. The molecule has 0 amide bonds. The van der Waals surface area contributed by atoms with Crippen LogP contribution in [-0.4, -0.2) is 67.3 Å². The van der Waals surface area contributed by atoms with E-state index in [4.69, 9.17) is 28.4 Å². The zero-order chi connectivity index (χ0) is 63.0. The predicted octanol–water partition coefficient (Wildman–Crippen LogP) is 18.5. The summed E-state index contributed by atoms with van der Waals surface area (Å²) in [7, 11) is 1.72. The van der Waals surface area contributed by atoms with E-state index in [1.807, 2.05) is 98.7 Å². The smallest absolute Gasteiger partial charge is 0.131 e. The molecule has 490 valence electrons. The lowest BCUT2D eigenvalue weighted by Crippen LogP contribution is -2.26. The highest BCUT2D eigenvalue weighted by Crippen LogP contribution is 2.41. The highest BCUT2D eigenvalue weighted by atomic mass is 16.5. The molecule has 1 aliphatic carbocycles. The molecule has 1 saturated carbocycles. The Kier molecular flexibility index (Phi) is 36.9. The first-order valence-corrected chi connectivity index (χ1v) is 30.1. The summed E-state index contributed by atoms with van der Waals surface area (Å²) in [4.78, 5) is 0. The molecule has 6 rings (SSSR count). The number of methoxy groups -OCH3 is 1. The van der Waals surface area contributed by atoms with Crippen LogP contribution in [0.4, 0.5) is 0 Å². The van der Waals surface area contributed by atoms with E-state index in [9.17, 15) is 25.5 Å². The van der Waals surface area contributed by atoms with Crippen LogP contribution in [0.5, 0.6) is 28.7 Å². The molecule has 5 N–H and O–H groups in total. The predicted molar refractivity (Wildman–Crippen MR) is 363 cm³/mol. The van der Waals surface area contributed by atoms with Crippen molar-refractivity contribution < 1.29 is 54.0 Å². The quantitative estimate of drug-likeness (QED) is 0.0641. The maximum Gasteiger partial charge on any atom is 0.131 e. The van der Waals surface area contributed by atoms with Crippen LogP contribution >= 0.6 is 0 Å². The van der Waals surface area contributed by atoms with Gasteiger partial charge < -0.3 is 54.0 Å². The van der Waals surface area contributed by atoms with Gasteiger partial charge in [-0.1, -0.05) is 167 Å². The zero-order valence-electron chi connectivity index (χ0n) is 55.3. The molecule has 5 aromatic rings. The summed E-state index contributed by atoms with van der Waals surface area (Å²) in [6.07, 6.45) is 9.42. The maximum absolute atomic E-state index is 9.56. The largest absolute Gasteiger partial charge is 0.488 e. The van der Waals surface area contributed by atoms with E-state index in [0.717, 1.165) is 71.1 Å². The van der Waals surface area contributed by atoms with E-state index >= 15 is 0 Å². The molecule has 0 spiro atoms. The number of benzene rings is 5. The second-order valence-corrected chi connectivity index (χ2v) is 27.4. The van der Waals surface area contributed by atoms with Gasteiger partial charge in [-0.25, -0.2) is 0 Å². The molecule has 11 heteroatoms. The van der Waals surface area contributed by atoms with Crippen molar-refractivity contribution in [2.24, 2.45) is 0 Å². The topological polar surface area (TPSA) is 157 Å². The van der Waals surface area contributed by atoms with Crippen molar-refractivity contribution in [3.8, 4) is 28.7 Å². The molecule has 86 heavy (non-hydrogen) atoms. The fourth-order valence-electron chi connectivity index (χ4n) is 9.19. The minimum atomic E-state index is -0.338. The Balaban J connectivity index is 0. The van der Waals surface area contributed by atoms with Gasteiger partial charge in [0.05, 0.1) is 39.6 Å². The van der Waals surface area contributed by atoms with Gasteiger partial charge >= 0.3 is 0 Å². The Morgan fingerprint density at radius 3 is 1.08 bits per heavy atom. The van der Waals surface area contributed by atoms with Gasteiger partial charge in [-0.05, 0) is 176 Å². The molecule has 1 fully saturated rings. The number of aliphatic hydroxyl groups excluding tert-OH is 5. The number of hydrogen-bond acceptors (Lipinski definition) is 11. The van der Waals surface area contributed by atoms with E-state index in [1.165, 1.54) is 54.4 Å². The molecule has 0 heterocycles. The van der Waals surface area contributed by atoms with Crippen molar-refractivity contribution in [1.29, 1.82) is 0 Å². The van der Waals surface area contributed by atoms with Gasteiger partial charge in [0.15, 0.2) is 0 Å². The SMILES string of the molecule is C.C.C.CC(C)(C)Oc1c(CO)cccc1C(C)(C)C.CC(C)(C)Oc1c(CO)cccc1C1CCCCC1.CC(C)(C)Oc1c(CO)cccc1CO.CCCc1cccc(CO)c1OC(C)(C)C.COCCc1cccc(C)c1OC(C)(C)C. The molecular weight excluding hydrogens is 1080 g/mol. The Morgan fingerprint density at radius 1 is 0.384 bits per heavy atom. The molecule has 0 saturated heterocycles. The second-order valence-electron chi connectivity index (χ2n) is 27.4. The molecule has 1 aliphatic rings. The van der Waals surface area contributed by atoms with Gasteiger partial charge in [-0.15, -0.1) is 0 Å². The molecule has 0 aromatic heterocycles. The average Bonchev–Trinajstić information content (AvgIpc) is 1.58. The number of para-hydroxylation sites is 5. The van der Waals surface area contributed by atoms with Crippen LogP contribution in [0.2, 0.25) is 0 Å². The van der Waals surface area contributed by atoms with Crippen molar-refractivity contribution in [3.05, 3.63) is 147 Å². The first-order chi connectivity index (χ1) is 38.5. The lowest BCUT2D eigenvalue weighted by molar-refractivity contribution is 0.121. The van der Waals surface area contributed by atoms with Crippen LogP contribution in [-0.2, 0) is 56.0 Å². The molecule has 5 aromatic carbocycles. The minimum absolute atomic E-state index is 0. The lowest BCUT2D eigenvalue weighted by Gasteiger charge is -2.29. The van der Waals surface area contributed by atoms with Crippen LogP contribution in [0.15, 0.2) is 91.0 Å². The van der Waals surface area contributed by atoms with Gasteiger partial charge in [0.1, 0.15) is 56.8 Å². The Hall–Kier alpha value is -5.14. The van der Waals surface area contributed by atoms with Crippen LogP contribution in [0, 0.1) is 6.92 Å². The third-order valence-electron chi connectivity index (χ3n) is 12.7. The average molecular weight is 1200 g/mol. The van der Waals surface area contributed by atoms with Crippen LogP contribution in [0.1, 0.15) is 254 Å². The van der Waals surface area contributed by atoms with E-state index in [1.54, 1.807) is 25.3 Å². The summed E-state index contributed by atoms with van der Waals surface area (Å²) in [5, 5.41) is 46.7. The summed E-state index contributed by atoms with van der Waals surface area (Å²) in [5.41, 5.74) is 8.87. The molecule has 0 atom stereocenters. The number of rotatable bonds is 16.